The first-order chi connectivity index (χ1) is 13.2. The van der Waals surface area contributed by atoms with Crippen LogP contribution in [0.3, 0.4) is 0 Å². The Labute approximate surface area is 162 Å². The highest BCUT2D eigenvalue weighted by molar-refractivity contribution is 7.99. The number of thioether (sulfide) groups is 1. The zero-order chi connectivity index (χ0) is 18.6. The second kappa shape index (κ2) is 7.72. The number of hydrogen-bond acceptors (Lipinski definition) is 4. The summed E-state index contributed by atoms with van der Waals surface area (Å²) in [4.78, 5) is 16.9. The minimum Gasteiger partial charge on any atom is -0.497 e. The molecular formula is C21H19N3O2S. The number of hydrogen-bond donors (Lipinski definition) is 1. The van der Waals surface area contributed by atoms with Gasteiger partial charge >= 0.3 is 0 Å². The summed E-state index contributed by atoms with van der Waals surface area (Å²) in [6.45, 7) is 1.000. The Morgan fingerprint density at radius 3 is 2.89 bits per heavy atom. The van der Waals surface area contributed by atoms with Gasteiger partial charge in [-0.25, -0.2) is 4.98 Å². The van der Waals surface area contributed by atoms with Gasteiger partial charge in [0, 0.05) is 35.8 Å². The van der Waals surface area contributed by atoms with Gasteiger partial charge in [-0.15, -0.1) is 0 Å². The molecule has 1 aromatic heterocycles. The molecule has 1 aliphatic heterocycles. The van der Waals surface area contributed by atoms with Crippen molar-refractivity contribution < 1.29 is 9.53 Å². The number of nitrogens with zero attached hydrogens (tertiary/aromatic N) is 2. The van der Waals surface area contributed by atoms with Crippen molar-refractivity contribution in [3.05, 3.63) is 66.4 Å². The van der Waals surface area contributed by atoms with Gasteiger partial charge in [-0.2, -0.15) is 0 Å². The predicted octanol–water partition coefficient (Wildman–Crippen LogP) is 4.32. The Morgan fingerprint density at radius 2 is 2.11 bits per heavy atom. The molecule has 0 radical (unpaired) electrons. The van der Waals surface area contributed by atoms with E-state index in [1.54, 1.807) is 24.9 Å². The average molecular weight is 377 g/mol. The lowest BCUT2D eigenvalue weighted by atomic mass is 10.1. The van der Waals surface area contributed by atoms with Crippen LogP contribution < -0.4 is 10.1 Å². The molecule has 5 nitrogen and oxygen atoms in total. The fourth-order valence-corrected chi connectivity index (χ4v) is 3.82. The van der Waals surface area contributed by atoms with Gasteiger partial charge in [-0.1, -0.05) is 36.0 Å². The first-order valence-corrected chi connectivity index (χ1v) is 9.63. The minimum atomic E-state index is -0.175. The van der Waals surface area contributed by atoms with Gasteiger partial charge in [0.15, 0.2) is 5.16 Å². The molecule has 27 heavy (non-hydrogen) atoms. The summed E-state index contributed by atoms with van der Waals surface area (Å²) in [6.07, 6.45) is 5.37. The highest BCUT2D eigenvalue weighted by atomic mass is 32.2. The van der Waals surface area contributed by atoms with Crippen LogP contribution in [0.1, 0.15) is 5.56 Å². The number of methoxy groups -OCH3 is 1. The van der Waals surface area contributed by atoms with Crippen LogP contribution in [0, 0.1) is 0 Å². The van der Waals surface area contributed by atoms with Crippen LogP contribution in [-0.2, 0) is 11.3 Å². The molecule has 1 amide bonds. The molecule has 1 aliphatic rings. The molecule has 6 heteroatoms. The summed E-state index contributed by atoms with van der Waals surface area (Å²) in [7, 11) is 1.63. The lowest BCUT2D eigenvalue weighted by Gasteiger charge is -2.04. The number of imidazole rings is 1. The number of benzene rings is 2. The topological polar surface area (TPSA) is 56.1 Å². The highest BCUT2D eigenvalue weighted by Crippen LogP contribution is 2.29. The summed E-state index contributed by atoms with van der Waals surface area (Å²) >= 11 is 1.77. The number of anilines is 1. The zero-order valence-electron chi connectivity index (χ0n) is 14.9. The Balaban J connectivity index is 1.44. The quantitative estimate of drug-likeness (QED) is 0.673. The molecule has 0 spiro atoms. The van der Waals surface area contributed by atoms with Crippen LogP contribution in [0.2, 0.25) is 0 Å². The van der Waals surface area contributed by atoms with Crippen molar-refractivity contribution in [3.8, 4) is 17.0 Å². The maximum atomic E-state index is 12.2. The Morgan fingerprint density at radius 1 is 1.26 bits per heavy atom. The molecule has 0 saturated carbocycles. The van der Waals surface area contributed by atoms with Crippen molar-refractivity contribution in [2.75, 3.05) is 18.2 Å². The number of nitrogens with one attached hydrogen (secondary N) is 1. The van der Waals surface area contributed by atoms with Crippen LogP contribution in [-0.4, -0.2) is 28.3 Å². The molecule has 0 saturated heterocycles. The molecule has 2 aromatic carbocycles. The molecule has 136 valence electrons. The molecule has 0 fully saturated rings. The fraction of sp³-hybridized carbons (Fsp3) is 0.143. The van der Waals surface area contributed by atoms with Crippen LogP contribution >= 0.6 is 11.8 Å². The number of amides is 1. The van der Waals surface area contributed by atoms with E-state index in [0.717, 1.165) is 45.7 Å². The maximum Gasteiger partial charge on any atom is 0.248 e. The van der Waals surface area contributed by atoms with Crippen LogP contribution in [0.4, 0.5) is 5.69 Å². The summed E-state index contributed by atoms with van der Waals surface area (Å²) < 4.78 is 7.30. The largest absolute Gasteiger partial charge is 0.497 e. The van der Waals surface area contributed by atoms with Gasteiger partial charge in [0.25, 0.3) is 0 Å². The molecule has 0 bridgehead atoms. The van der Waals surface area contributed by atoms with Gasteiger partial charge in [0.05, 0.1) is 12.8 Å². The van der Waals surface area contributed by atoms with Gasteiger partial charge in [0.1, 0.15) is 5.75 Å². The smallest absolute Gasteiger partial charge is 0.248 e. The molecule has 0 aliphatic carbocycles. The Kier molecular flexibility index (Phi) is 4.98. The molecular weight excluding hydrogens is 358 g/mol. The lowest BCUT2D eigenvalue weighted by molar-refractivity contribution is -0.111. The van der Waals surface area contributed by atoms with Crippen LogP contribution in [0.25, 0.3) is 17.3 Å². The number of fused-ring (bicyclic) bond motifs is 1. The van der Waals surface area contributed by atoms with E-state index >= 15 is 0 Å². The molecule has 2 heterocycles. The third kappa shape index (κ3) is 4.06. The van der Waals surface area contributed by atoms with E-state index in [1.807, 2.05) is 48.5 Å². The van der Waals surface area contributed by atoms with Crippen molar-refractivity contribution >= 4 is 29.4 Å². The molecule has 3 aromatic rings. The fourth-order valence-electron chi connectivity index (χ4n) is 2.88. The SMILES string of the molecule is COc1ccc(/C=C/C(=O)Nc2cccc(-c3cn4c(n3)SCC4)c2)cc1. The summed E-state index contributed by atoms with van der Waals surface area (Å²) in [5.41, 5.74) is 3.61. The Bertz CT molecular complexity index is 971. The molecule has 0 atom stereocenters. The second-order valence-corrected chi connectivity index (χ2v) is 7.19. The van der Waals surface area contributed by atoms with E-state index < -0.39 is 0 Å². The monoisotopic (exact) mass is 377 g/mol. The number of carbonyl (C=O) groups is 1. The summed E-state index contributed by atoms with van der Waals surface area (Å²) in [6, 6.07) is 15.3. The predicted molar refractivity (Wildman–Crippen MR) is 109 cm³/mol. The maximum absolute atomic E-state index is 12.2. The molecule has 1 N–H and O–H groups in total. The van der Waals surface area contributed by atoms with Gasteiger partial charge in [0.2, 0.25) is 5.91 Å². The number of rotatable bonds is 5. The lowest BCUT2D eigenvalue weighted by Crippen LogP contribution is -2.07. The Hall–Kier alpha value is -2.99. The van der Waals surface area contributed by atoms with Crippen molar-refractivity contribution in [2.45, 2.75) is 11.7 Å². The van der Waals surface area contributed by atoms with Crippen molar-refractivity contribution in [3.63, 3.8) is 0 Å². The van der Waals surface area contributed by atoms with Crippen molar-refractivity contribution in [1.82, 2.24) is 9.55 Å². The molecule has 4 rings (SSSR count). The first-order valence-electron chi connectivity index (χ1n) is 8.65. The first kappa shape index (κ1) is 17.4. The van der Waals surface area contributed by atoms with E-state index in [2.05, 4.69) is 21.1 Å². The number of aryl methyl sites for hydroxylation is 1. The normalized spacial score (nSPS) is 12.9. The highest BCUT2D eigenvalue weighted by Gasteiger charge is 2.15. The average Bonchev–Trinajstić information content (AvgIpc) is 3.29. The number of aromatic nitrogens is 2. The van der Waals surface area contributed by atoms with E-state index in [-0.39, 0.29) is 5.91 Å². The third-order valence-electron chi connectivity index (χ3n) is 4.27. The van der Waals surface area contributed by atoms with Gasteiger partial charge in [-0.3, -0.25) is 4.79 Å². The number of ether oxygens (including phenoxy) is 1. The third-order valence-corrected chi connectivity index (χ3v) is 5.24. The van der Waals surface area contributed by atoms with Crippen LogP contribution in [0.15, 0.2) is 66.0 Å². The van der Waals surface area contributed by atoms with Crippen LogP contribution in [0.5, 0.6) is 5.75 Å². The standard InChI is InChI=1S/C21H19N3O2S/c1-26-18-8-5-15(6-9-18)7-10-20(25)22-17-4-2-3-16(13-17)19-14-24-11-12-27-21(24)23-19/h2-10,13-14H,11-12H2,1H3,(H,22,25)/b10-7+. The van der Waals surface area contributed by atoms with Crippen molar-refractivity contribution in [2.24, 2.45) is 0 Å². The van der Waals surface area contributed by atoms with E-state index in [9.17, 15) is 4.79 Å². The second-order valence-electron chi connectivity index (χ2n) is 6.13. The summed E-state index contributed by atoms with van der Waals surface area (Å²) in [5, 5.41) is 3.96. The van der Waals surface area contributed by atoms with Gasteiger partial charge < -0.3 is 14.6 Å². The zero-order valence-corrected chi connectivity index (χ0v) is 15.7. The minimum absolute atomic E-state index is 0.175. The van der Waals surface area contributed by atoms with E-state index in [4.69, 9.17) is 4.74 Å². The number of carbonyl (C=O) groups excluding carboxylic acids is 1. The van der Waals surface area contributed by atoms with Crippen molar-refractivity contribution in [1.29, 1.82) is 0 Å². The van der Waals surface area contributed by atoms with Gasteiger partial charge in [-0.05, 0) is 35.9 Å². The van der Waals surface area contributed by atoms with E-state index in [1.165, 1.54) is 6.08 Å². The summed E-state index contributed by atoms with van der Waals surface area (Å²) in [5.74, 6) is 1.70. The molecule has 0 unspecified atom stereocenters. The van der Waals surface area contributed by atoms with E-state index in [0.29, 0.717) is 0 Å².